The summed E-state index contributed by atoms with van der Waals surface area (Å²) in [4.78, 5) is 9.63. The number of likely N-dealkylation sites (N-methyl/N-ethyl adjacent to an activating group) is 1. The van der Waals surface area contributed by atoms with Crippen molar-refractivity contribution in [1.82, 2.24) is 9.80 Å². The zero-order valence-corrected chi connectivity index (χ0v) is 14.8. The fraction of sp³-hybridized carbons (Fsp3) is 0.350. The van der Waals surface area contributed by atoms with E-state index in [2.05, 4.69) is 78.5 Å². The van der Waals surface area contributed by atoms with Gasteiger partial charge in [-0.1, -0.05) is 35.9 Å². The summed E-state index contributed by atoms with van der Waals surface area (Å²) in [5.41, 5.74) is 4.55. The Morgan fingerprint density at radius 2 is 1.58 bits per heavy atom. The van der Waals surface area contributed by atoms with E-state index in [1.165, 1.54) is 11.1 Å². The minimum Gasteiger partial charge on any atom is -0.340 e. The molecule has 4 heteroatoms. The summed E-state index contributed by atoms with van der Waals surface area (Å²) in [6, 6.07) is 16.7. The van der Waals surface area contributed by atoms with Crippen LogP contribution in [0.3, 0.4) is 0 Å². The topological polar surface area (TPSA) is 30.9 Å². The summed E-state index contributed by atoms with van der Waals surface area (Å²) in [5, 5.41) is 3.52. The number of guanidine groups is 1. The molecule has 1 fully saturated rings. The highest BCUT2D eigenvalue weighted by Crippen LogP contribution is 2.19. The molecule has 0 saturated carbocycles. The molecule has 0 aliphatic carbocycles. The standard InChI is InChI=1S/C20H26N4/c1-16-8-10-18(11-9-16)21-20(24-14-12-23(3)13-15-24)22-19-7-5-4-6-17(19)2/h4-11H,12-15H2,1-3H3,(H,21,22). The number of nitrogens with one attached hydrogen (secondary N) is 1. The Kier molecular flexibility index (Phi) is 5.16. The van der Waals surface area contributed by atoms with Gasteiger partial charge in [-0.05, 0) is 44.7 Å². The van der Waals surface area contributed by atoms with Gasteiger partial charge in [0.2, 0.25) is 5.96 Å². The van der Waals surface area contributed by atoms with E-state index in [0.29, 0.717) is 0 Å². The highest BCUT2D eigenvalue weighted by molar-refractivity contribution is 5.95. The summed E-state index contributed by atoms with van der Waals surface area (Å²) in [6.45, 7) is 8.30. The Morgan fingerprint density at radius 1 is 0.917 bits per heavy atom. The van der Waals surface area contributed by atoms with Gasteiger partial charge in [0, 0.05) is 31.9 Å². The first-order chi connectivity index (χ1) is 11.6. The van der Waals surface area contributed by atoms with Gasteiger partial charge in [0.15, 0.2) is 0 Å². The molecule has 0 spiro atoms. The van der Waals surface area contributed by atoms with Gasteiger partial charge in [-0.2, -0.15) is 0 Å². The molecule has 0 amide bonds. The van der Waals surface area contributed by atoms with Crippen LogP contribution in [-0.4, -0.2) is 49.0 Å². The molecule has 1 saturated heterocycles. The van der Waals surface area contributed by atoms with Gasteiger partial charge in [-0.3, -0.25) is 0 Å². The third-order valence-electron chi connectivity index (χ3n) is 4.45. The second-order valence-corrected chi connectivity index (χ2v) is 6.50. The normalized spacial score (nSPS) is 16.3. The SMILES string of the molecule is Cc1ccc(NC(=Nc2ccccc2C)N2CCN(C)CC2)cc1. The number of rotatable bonds is 2. The van der Waals surface area contributed by atoms with Crippen LogP contribution in [-0.2, 0) is 0 Å². The molecular weight excluding hydrogens is 296 g/mol. The molecule has 1 aliphatic rings. The molecular formula is C20H26N4. The molecule has 1 aliphatic heterocycles. The molecule has 4 nitrogen and oxygen atoms in total. The first kappa shape index (κ1) is 16.5. The number of benzene rings is 2. The van der Waals surface area contributed by atoms with E-state index < -0.39 is 0 Å². The van der Waals surface area contributed by atoms with E-state index in [0.717, 1.165) is 43.5 Å². The molecule has 1 N–H and O–H groups in total. The predicted octanol–water partition coefficient (Wildman–Crippen LogP) is 3.65. The van der Waals surface area contributed by atoms with Crippen LogP contribution in [0.5, 0.6) is 0 Å². The van der Waals surface area contributed by atoms with Crippen molar-refractivity contribution in [2.24, 2.45) is 4.99 Å². The highest BCUT2D eigenvalue weighted by atomic mass is 15.3. The van der Waals surface area contributed by atoms with Crippen molar-refractivity contribution >= 4 is 17.3 Å². The summed E-state index contributed by atoms with van der Waals surface area (Å²) >= 11 is 0. The number of para-hydroxylation sites is 1. The lowest BCUT2D eigenvalue weighted by Crippen LogP contribution is -2.49. The number of hydrogen-bond acceptors (Lipinski definition) is 2. The molecule has 0 aromatic heterocycles. The monoisotopic (exact) mass is 322 g/mol. The Hall–Kier alpha value is -2.33. The Labute approximate surface area is 144 Å². The first-order valence-corrected chi connectivity index (χ1v) is 8.53. The second-order valence-electron chi connectivity index (χ2n) is 6.50. The Bertz CT molecular complexity index is 698. The minimum absolute atomic E-state index is 0.932. The Balaban J connectivity index is 1.88. The van der Waals surface area contributed by atoms with Crippen LogP contribution in [0.25, 0.3) is 0 Å². The van der Waals surface area contributed by atoms with E-state index in [1.807, 2.05) is 6.07 Å². The Morgan fingerprint density at radius 3 is 2.25 bits per heavy atom. The van der Waals surface area contributed by atoms with E-state index >= 15 is 0 Å². The number of nitrogens with zero attached hydrogens (tertiary/aromatic N) is 3. The molecule has 2 aromatic carbocycles. The van der Waals surface area contributed by atoms with Crippen LogP contribution in [0, 0.1) is 13.8 Å². The molecule has 1 heterocycles. The molecule has 0 bridgehead atoms. The number of piperazine rings is 1. The van der Waals surface area contributed by atoms with E-state index in [-0.39, 0.29) is 0 Å². The molecule has 0 radical (unpaired) electrons. The molecule has 126 valence electrons. The highest BCUT2D eigenvalue weighted by Gasteiger charge is 2.18. The van der Waals surface area contributed by atoms with E-state index in [9.17, 15) is 0 Å². The van der Waals surface area contributed by atoms with Crippen LogP contribution in [0.2, 0.25) is 0 Å². The maximum Gasteiger partial charge on any atom is 0.203 e. The van der Waals surface area contributed by atoms with Crippen molar-refractivity contribution in [1.29, 1.82) is 0 Å². The maximum atomic E-state index is 4.94. The van der Waals surface area contributed by atoms with Crippen LogP contribution >= 0.6 is 0 Å². The third-order valence-corrected chi connectivity index (χ3v) is 4.45. The van der Waals surface area contributed by atoms with Crippen LogP contribution in [0.15, 0.2) is 53.5 Å². The lowest BCUT2D eigenvalue weighted by Gasteiger charge is -2.34. The van der Waals surface area contributed by atoms with Crippen molar-refractivity contribution < 1.29 is 0 Å². The third kappa shape index (κ3) is 4.15. The zero-order valence-electron chi connectivity index (χ0n) is 14.8. The summed E-state index contributed by atoms with van der Waals surface area (Å²) in [5.74, 6) is 0.932. The van der Waals surface area contributed by atoms with E-state index in [1.54, 1.807) is 0 Å². The van der Waals surface area contributed by atoms with Crippen LogP contribution < -0.4 is 5.32 Å². The van der Waals surface area contributed by atoms with E-state index in [4.69, 9.17) is 4.99 Å². The van der Waals surface area contributed by atoms with Crippen molar-refractivity contribution in [3.63, 3.8) is 0 Å². The zero-order chi connectivity index (χ0) is 16.9. The molecule has 24 heavy (non-hydrogen) atoms. The van der Waals surface area contributed by atoms with Crippen molar-refractivity contribution in [2.75, 3.05) is 38.5 Å². The second kappa shape index (κ2) is 7.49. The number of anilines is 1. The smallest absolute Gasteiger partial charge is 0.203 e. The lowest BCUT2D eigenvalue weighted by molar-refractivity contribution is 0.215. The largest absolute Gasteiger partial charge is 0.340 e. The summed E-state index contributed by atoms with van der Waals surface area (Å²) in [7, 11) is 2.17. The van der Waals surface area contributed by atoms with Gasteiger partial charge in [0.1, 0.15) is 0 Å². The van der Waals surface area contributed by atoms with Gasteiger partial charge >= 0.3 is 0 Å². The minimum atomic E-state index is 0.932. The van der Waals surface area contributed by atoms with Crippen molar-refractivity contribution in [3.05, 3.63) is 59.7 Å². The van der Waals surface area contributed by atoms with Gasteiger partial charge in [0.25, 0.3) is 0 Å². The fourth-order valence-corrected chi connectivity index (χ4v) is 2.76. The predicted molar refractivity (Wildman–Crippen MR) is 102 cm³/mol. The van der Waals surface area contributed by atoms with Crippen LogP contribution in [0.1, 0.15) is 11.1 Å². The van der Waals surface area contributed by atoms with Gasteiger partial charge in [0.05, 0.1) is 5.69 Å². The lowest BCUT2D eigenvalue weighted by atomic mass is 10.2. The number of hydrogen-bond donors (Lipinski definition) is 1. The van der Waals surface area contributed by atoms with Gasteiger partial charge < -0.3 is 15.1 Å². The molecule has 2 aromatic rings. The molecule has 3 rings (SSSR count). The summed E-state index contributed by atoms with van der Waals surface area (Å²) in [6.07, 6.45) is 0. The fourth-order valence-electron chi connectivity index (χ4n) is 2.76. The maximum absolute atomic E-state index is 4.94. The summed E-state index contributed by atoms with van der Waals surface area (Å²) < 4.78 is 0. The quantitative estimate of drug-likeness (QED) is 0.676. The van der Waals surface area contributed by atoms with Gasteiger partial charge in [-0.25, -0.2) is 4.99 Å². The average molecular weight is 322 g/mol. The van der Waals surface area contributed by atoms with Crippen LogP contribution in [0.4, 0.5) is 11.4 Å². The van der Waals surface area contributed by atoms with Gasteiger partial charge in [-0.15, -0.1) is 0 Å². The number of aryl methyl sites for hydroxylation is 2. The first-order valence-electron chi connectivity index (χ1n) is 8.53. The molecule has 0 atom stereocenters. The molecule has 0 unspecified atom stereocenters. The van der Waals surface area contributed by atoms with Crippen molar-refractivity contribution in [2.45, 2.75) is 13.8 Å². The number of aliphatic imine (C=N–C) groups is 1. The average Bonchev–Trinajstić information content (AvgIpc) is 2.59. The van der Waals surface area contributed by atoms with Crippen molar-refractivity contribution in [3.8, 4) is 0 Å².